The number of carbonyl (C=O) groups is 1. The standard InChI is InChI=1S/C17H33N3O/c1-3-20(4-2)17(21)11-13-19-16-10-7-8-14(16)15-9-5-6-12-18-15/h14-16,18-19H,3-13H2,1-2H3. The molecule has 4 heteroatoms. The van der Waals surface area contributed by atoms with Crippen molar-refractivity contribution in [2.45, 2.75) is 70.9 Å². The molecule has 3 atom stereocenters. The van der Waals surface area contributed by atoms with Crippen LogP contribution < -0.4 is 10.6 Å². The summed E-state index contributed by atoms with van der Waals surface area (Å²) in [5, 5.41) is 7.39. The molecule has 1 aliphatic carbocycles. The monoisotopic (exact) mass is 295 g/mol. The molecule has 122 valence electrons. The highest BCUT2D eigenvalue weighted by molar-refractivity contribution is 5.76. The Balaban J connectivity index is 1.72. The van der Waals surface area contributed by atoms with Gasteiger partial charge in [0, 0.05) is 38.1 Å². The van der Waals surface area contributed by atoms with Gasteiger partial charge >= 0.3 is 0 Å². The van der Waals surface area contributed by atoms with Crippen LogP contribution in [-0.4, -0.2) is 49.1 Å². The topological polar surface area (TPSA) is 44.4 Å². The molecule has 0 aromatic carbocycles. The van der Waals surface area contributed by atoms with E-state index < -0.39 is 0 Å². The molecule has 1 saturated heterocycles. The van der Waals surface area contributed by atoms with Crippen molar-refractivity contribution in [3.05, 3.63) is 0 Å². The van der Waals surface area contributed by atoms with Crippen LogP contribution >= 0.6 is 0 Å². The summed E-state index contributed by atoms with van der Waals surface area (Å²) in [6.07, 6.45) is 8.65. The maximum Gasteiger partial charge on any atom is 0.223 e. The Bertz CT molecular complexity index is 311. The summed E-state index contributed by atoms with van der Waals surface area (Å²) in [6, 6.07) is 1.32. The number of hydrogen-bond acceptors (Lipinski definition) is 3. The number of rotatable bonds is 7. The van der Waals surface area contributed by atoms with Crippen LogP contribution in [0.2, 0.25) is 0 Å². The zero-order valence-corrected chi connectivity index (χ0v) is 13.9. The molecule has 2 rings (SSSR count). The van der Waals surface area contributed by atoms with Gasteiger partial charge in [0.1, 0.15) is 0 Å². The first-order valence-electron chi connectivity index (χ1n) is 9.00. The van der Waals surface area contributed by atoms with Crippen molar-refractivity contribution in [1.29, 1.82) is 0 Å². The normalized spacial score (nSPS) is 29.5. The van der Waals surface area contributed by atoms with Crippen molar-refractivity contribution >= 4 is 5.91 Å². The lowest BCUT2D eigenvalue weighted by atomic mass is 9.88. The second-order valence-electron chi connectivity index (χ2n) is 6.53. The lowest BCUT2D eigenvalue weighted by Gasteiger charge is -2.33. The Labute approximate surface area is 130 Å². The van der Waals surface area contributed by atoms with Gasteiger partial charge in [-0.05, 0) is 52.0 Å². The van der Waals surface area contributed by atoms with E-state index >= 15 is 0 Å². The molecule has 2 aliphatic rings. The molecule has 0 spiro atoms. The van der Waals surface area contributed by atoms with E-state index in [2.05, 4.69) is 24.5 Å². The quantitative estimate of drug-likeness (QED) is 0.756. The van der Waals surface area contributed by atoms with Gasteiger partial charge in [-0.3, -0.25) is 4.79 Å². The third kappa shape index (κ3) is 4.68. The van der Waals surface area contributed by atoms with Crippen molar-refractivity contribution < 1.29 is 4.79 Å². The summed E-state index contributed by atoms with van der Waals surface area (Å²) in [6.45, 7) is 7.78. The first-order valence-corrected chi connectivity index (χ1v) is 9.00. The van der Waals surface area contributed by atoms with Gasteiger partial charge in [0.2, 0.25) is 5.91 Å². The van der Waals surface area contributed by atoms with Crippen molar-refractivity contribution in [3.63, 3.8) is 0 Å². The summed E-state index contributed by atoms with van der Waals surface area (Å²) >= 11 is 0. The summed E-state index contributed by atoms with van der Waals surface area (Å²) in [7, 11) is 0. The molecule has 4 nitrogen and oxygen atoms in total. The van der Waals surface area contributed by atoms with E-state index in [1.807, 2.05) is 4.90 Å². The fourth-order valence-electron chi connectivity index (χ4n) is 4.07. The summed E-state index contributed by atoms with van der Waals surface area (Å²) in [5.74, 6) is 1.06. The molecule has 0 bridgehead atoms. The molecule has 21 heavy (non-hydrogen) atoms. The van der Waals surface area contributed by atoms with Gasteiger partial charge in [-0.15, -0.1) is 0 Å². The van der Waals surface area contributed by atoms with E-state index in [0.717, 1.165) is 25.6 Å². The predicted molar refractivity (Wildman–Crippen MR) is 87.3 cm³/mol. The average molecular weight is 295 g/mol. The second kappa shape index (κ2) is 8.74. The summed E-state index contributed by atoms with van der Waals surface area (Å²) in [4.78, 5) is 14.0. The van der Waals surface area contributed by atoms with Gasteiger partial charge in [-0.1, -0.05) is 12.8 Å². The molecule has 1 heterocycles. The van der Waals surface area contributed by atoms with E-state index in [9.17, 15) is 4.79 Å². The van der Waals surface area contributed by atoms with Crippen LogP contribution in [0.5, 0.6) is 0 Å². The Kier molecular flexibility index (Phi) is 6.97. The van der Waals surface area contributed by atoms with Gasteiger partial charge in [0.15, 0.2) is 0 Å². The molecular formula is C17H33N3O. The molecular weight excluding hydrogens is 262 g/mol. The van der Waals surface area contributed by atoms with E-state index in [4.69, 9.17) is 0 Å². The fraction of sp³-hybridized carbons (Fsp3) is 0.941. The van der Waals surface area contributed by atoms with E-state index in [1.165, 1.54) is 45.1 Å². The van der Waals surface area contributed by atoms with E-state index in [0.29, 0.717) is 18.5 Å². The van der Waals surface area contributed by atoms with Crippen LogP contribution in [0.3, 0.4) is 0 Å². The molecule has 1 aliphatic heterocycles. The summed E-state index contributed by atoms with van der Waals surface area (Å²) in [5.41, 5.74) is 0. The first-order chi connectivity index (χ1) is 10.3. The maximum absolute atomic E-state index is 12.0. The van der Waals surface area contributed by atoms with Crippen molar-refractivity contribution in [1.82, 2.24) is 15.5 Å². The minimum atomic E-state index is 0.290. The molecule has 0 aromatic heterocycles. The third-order valence-corrected chi connectivity index (χ3v) is 5.30. The van der Waals surface area contributed by atoms with E-state index in [1.54, 1.807) is 0 Å². The zero-order valence-electron chi connectivity index (χ0n) is 13.9. The lowest BCUT2D eigenvalue weighted by molar-refractivity contribution is -0.130. The van der Waals surface area contributed by atoms with Gasteiger partial charge < -0.3 is 15.5 Å². The lowest BCUT2D eigenvalue weighted by Crippen LogP contribution is -2.47. The minimum absolute atomic E-state index is 0.290. The number of piperidine rings is 1. The average Bonchev–Trinajstić information content (AvgIpc) is 2.98. The number of nitrogens with zero attached hydrogens (tertiary/aromatic N) is 1. The van der Waals surface area contributed by atoms with Gasteiger partial charge in [0.25, 0.3) is 0 Å². The zero-order chi connectivity index (χ0) is 15.1. The molecule has 1 amide bonds. The summed E-state index contributed by atoms with van der Waals surface area (Å²) < 4.78 is 0. The van der Waals surface area contributed by atoms with Crippen LogP contribution in [-0.2, 0) is 4.79 Å². The highest BCUT2D eigenvalue weighted by Crippen LogP contribution is 2.31. The Hall–Kier alpha value is -0.610. The van der Waals surface area contributed by atoms with Crippen LogP contribution in [0.4, 0.5) is 0 Å². The Morgan fingerprint density at radius 1 is 1.14 bits per heavy atom. The largest absolute Gasteiger partial charge is 0.343 e. The third-order valence-electron chi connectivity index (χ3n) is 5.30. The maximum atomic E-state index is 12.0. The van der Waals surface area contributed by atoms with Crippen LogP contribution in [0.25, 0.3) is 0 Å². The highest BCUT2D eigenvalue weighted by atomic mass is 16.2. The molecule has 2 N–H and O–H groups in total. The molecule has 1 saturated carbocycles. The smallest absolute Gasteiger partial charge is 0.223 e. The van der Waals surface area contributed by atoms with Crippen molar-refractivity contribution in [3.8, 4) is 0 Å². The van der Waals surface area contributed by atoms with Crippen molar-refractivity contribution in [2.75, 3.05) is 26.2 Å². The number of nitrogens with one attached hydrogen (secondary N) is 2. The highest BCUT2D eigenvalue weighted by Gasteiger charge is 2.33. The Morgan fingerprint density at radius 3 is 2.62 bits per heavy atom. The van der Waals surface area contributed by atoms with Crippen molar-refractivity contribution in [2.24, 2.45) is 5.92 Å². The molecule has 3 unspecified atom stereocenters. The second-order valence-corrected chi connectivity index (χ2v) is 6.53. The Morgan fingerprint density at radius 2 is 1.95 bits per heavy atom. The number of carbonyl (C=O) groups excluding carboxylic acids is 1. The molecule has 0 radical (unpaired) electrons. The van der Waals surface area contributed by atoms with E-state index in [-0.39, 0.29) is 5.91 Å². The fourth-order valence-corrected chi connectivity index (χ4v) is 4.07. The predicted octanol–water partition coefficient (Wildman–Crippen LogP) is 2.15. The molecule has 0 aromatic rings. The van der Waals surface area contributed by atoms with Crippen LogP contribution in [0.1, 0.15) is 58.8 Å². The van der Waals surface area contributed by atoms with Gasteiger partial charge in [-0.2, -0.15) is 0 Å². The minimum Gasteiger partial charge on any atom is -0.343 e. The SMILES string of the molecule is CCN(CC)C(=O)CCNC1CCCC1C1CCCCN1. The number of hydrogen-bond donors (Lipinski definition) is 2. The number of amides is 1. The van der Waals surface area contributed by atoms with Crippen LogP contribution in [0.15, 0.2) is 0 Å². The van der Waals surface area contributed by atoms with Gasteiger partial charge in [-0.25, -0.2) is 0 Å². The molecule has 2 fully saturated rings. The first kappa shape index (κ1) is 16.8. The van der Waals surface area contributed by atoms with Gasteiger partial charge in [0.05, 0.1) is 0 Å². The van der Waals surface area contributed by atoms with Crippen LogP contribution in [0, 0.1) is 5.92 Å².